The number of hydrogen-bond donors (Lipinski definition) is 3. The molecule has 8 heteroatoms. The molecular weight excluding hydrogens is 298 g/mol. The maximum atomic E-state index is 10.2. The molecule has 3 N–H and O–H groups in total. The molecule has 0 aromatic carbocycles. The highest BCUT2D eigenvalue weighted by Crippen LogP contribution is 2.32. The predicted molar refractivity (Wildman–Crippen MR) is 82.8 cm³/mol. The third-order valence-corrected chi connectivity index (χ3v) is 4.81. The summed E-state index contributed by atoms with van der Waals surface area (Å²) in [5.74, 6) is 0.710. The average molecular weight is 319 g/mol. The summed E-state index contributed by atoms with van der Waals surface area (Å²) in [6, 6.07) is 0.424. The molecule has 124 valence electrons. The van der Waals surface area contributed by atoms with E-state index in [4.69, 9.17) is 4.74 Å². The quantitative estimate of drug-likeness (QED) is 0.769. The Kier molecular flexibility index (Phi) is 3.67. The number of nitrogens with zero attached hydrogens (tertiary/aromatic N) is 4. The van der Waals surface area contributed by atoms with Crippen LogP contribution in [0.1, 0.15) is 38.8 Å². The van der Waals surface area contributed by atoms with E-state index in [1.54, 1.807) is 17.8 Å². The first-order valence-corrected chi connectivity index (χ1v) is 8.11. The Morgan fingerprint density at radius 1 is 1.17 bits per heavy atom. The number of hydrogen-bond acceptors (Lipinski definition) is 7. The highest BCUT2D eigenvalue weighted by molar-refractivity contribution is 5.82. The van der Waals surface area contributed by atoms with Crippen molar-refractivity contribution in [2.45, 2.75) is 63.2 Å². The van der Waals surface area contributed by atoms with Gasteiger partial charge in [0.2, 0.25) is 0 Å². The smallest absolute Gasteiger partial charge is 0.167 e. The topological polar surface area (TPSA) is 105 Å². The van der Waals surface area contributed by atoms with E-state index in [0.717, 1.165) is 12.8 Å². The molecule has 1 saturated carbocycles. The van der Waals surface area contributed by atoms with Crippen LogP contribution in [0.25, 0.3) is 11.2 Å². The van der Waals surface area contributed by atoms with Crippen LogP contribution in [0.15, 0.2) is 12.7 Å². The van der Waals surface area contributed by atoms with Gasteiger partial charge in [-0.1, -0.05) is 12.8 Å². The Morgan fingerprint density at radius 2 is 1.96 bits per heavy atom. The van der Waals surface area contributed by atoms with E-state index in [2.05, 4.69) is 20.3 Å². The lowest BCUT2D eigenvalue weighted by molar-refractivity contribution is -0.0299. The molecule has 4 atom stereocenters. The summed E-state index contributed by atoms with van der Waals surface area (Å²) in [6.07, 6.45) is 4.75. The molecule has 1 aliphatic carbocycles. The highest BCUT2D eigenvalue weighted by atomic mass is 16.6. The Morgan fingerprint density at radius 3 is 2.65 bits per heavy atom. The van der Waals surface area contributed by atoms with Crippen molar-refractivity contribution < 1.29 is 14.9 Å². The molecule has 0 bridgehead atoms. The van der Waals surface area contributed by atoms with Gasteiger partial charge in [0.15, 0.2) is 23.2 Å². The van der Waals surface area contributed by atoms with Crippen LogP contribution in [0.3, 0.4) is 0 Å². The number of aliphatic hydroxyl groups excluding tert-OH is 2. The third kappa shape index (κ3) is 2.46. The van der Waals surface area contributed by atoms with Crippen LogP contribution in [-0.4, -0.2) is 54.1 Å². The predicted octanol–water partition coefficient (Wildman–Crippen LogP) is 0.820. The maximum absolute atomic E-state index is 10.2. The molecule has 2 aromatic heterocycles. The van der Waals surface area contributed by atoms with Gasteiger partial charge in [0.1, 0.15) is 18.5 Å². The minimum Gasteiger partial charge on any atom is -0.388 e. The molecule has 2 aromatic rings. The maximum Gasteiger partial charge on any atom is 0.167 e. The SMILES string of the molecule is CC1OC(n2cnc3c(NC4CCCC4)ncnc32)C(O)C1O. The molecule has 8 nitrogen and oxygen atoms in total. The van der Waals surface area contributed by atoms with E-state index in [9.17, 15) is 10.2 Å². The molecule has 0 spiro atoms. The number of rotatable bonds is 3. The van der Waals surface area contributed by atoms with E-state index in [-0.39, 0.29) is 0 Å². The second-order valence-electron chi connectivity index (χ2n) is 6.38. The number of aromatic nitrogens is 4. The van der Waals surface area contributed by atoms with Gasteiger partial charge in [-0.05, 0) is 19.8 Å². The zero-order valence-electron chi connectivity index (χ0n) is 13.0. The van der Waals surface area contributed by atoms with Gasteiger partial charge >= 0.3 is 0 Å². The fraction of sp³-hybridized carbons (Fsp3) is 0.667. The summed E-state index contributed by atoms with van der Waals surface area (Å²) < 4.78 is 7.31. The second kappa shape index (κ2) is 5.70. The van der Waals surface area contributed by atoms with Gasteiger partial charge < -0.3 is 20.3 Å². The van der Waals surface area contributed by atoms with Crippen LogP contribution < -0.4 is 5.32 Å². The fourth-order valence-corrected chi connectivity index (χ4v) is 3.46. The minimum atomic E-state index is -1.01. The van der Waals surface area contributed by atoms with Gasteiger partial charge in [-0.2, -0.15) is 0 Å². The number of nitrogens with one attached hydrogen (secondary N) is 1. The van der Waals surface area contributed by atoms with Crippen molar-refractivity contribution >= 4 is 17.0 Å². The first-order chi connectivity index (χ1) is 11.1. The number of aliphatic hydroxyl groups is 2. The van der Waals surface area contributed by atoms with Crippen molar-refractivity contribution in [3.05, 3.63) is 12.7 Å². The van der Waals surface area contributed by atoms with Gasteiger partial charge in [-0.25, -0.2) is 15.0 Å². The van der Waals surface area contributed by atoms with Gasteiger partial charge in [0.05, 0.1) is 12.4 Å². The van der Waals surface area contributed by atoms with Crippen LogP contribution in [0.2, 0.25) is 0 Å². The highest BCUT2D eigenvalue weighted by Gasteiger charge is 2.42. The number of ether oxygens (including phenoxy) is 1. The molecular formula is C15H21N5O3. The van der Waals surface area contributed by atoms with Crippen molar-refractivity contribution in [2.24, 2.45) is 0 Å². The summed E-state index contributed by atoms with van der Waals surface area (Å²) in [4.78, 5) is 13.0. The van der Waals surface area contributed by atoms with E-state index in [1.165, 1.54) is 19.2 Å². The summed E-state index contributed by atoms with van der Waals surface area (Å²) in [5, 5.41) is 23.5. The summed E-state index contributed by atoms with van der Waals surface area (Å²) in [5.41, 5.74) is 1.25. The molecule has 0 amide bonds. The lowest BCUT2D eigenvalue weighted by atomic mass is 10.1. The molecule has 23 heavy (non-hydrogen) atoms. The molecule has 1 aliphatic heterocycles. The van der Waals surface area contributed by atoms with Crippen molar-refractivity contribution in [3.8, 4) is 0 Å². The zero-order chi connectivity index (χ0) is 16.0. The minimum absolute atomic E-state index is 0.424. The van der Waals surface area contributed by atoms with Crippen molar-refractivity contribution in [2.75, 3.05) is 5.32 Å². The summed E-state index contributed by atoms with van der Waals surface area (Å²) >= 11 is 0. The van der Waals surface area contributed by atoms with Crippen LogP contribution >= 0.6 is 0 Å². The Balaban J connectivity index is 1.67. The number of fused-ring (bicyclic) bond motifs is 1. The molecule has 0 radical (unpaired) electrons. The van der Waals surface area contributed by atoms with E-state index >= 15 is 0 Å². The lowest BCUT2D eigenvalue weighted by Gasteiger charge is -2.17. The van der Waals surface area contributed by atoms with E-state index in [1.807, 2.05) is 0 Å². The van der Waals surface area contributed by atoms with Gasteiger partial charge in [-0.15, -0.1) is 0 Å². The first-order valence-electron chi connectivity index (χ1n) is 8.11. The van der Waals surface area contributed by atoms with Gasteiger partial charge in [0.25, 0.3) is 0 Å². The second-order valence-corrected chi connectivity index (χ2v) is 6.38. The fourth-order valence-electron chi connectivity index (χ4n) is 3.46. The van der Waals surface area contributed by atoms with Crippen LogP contribution in [0.4, 0.5) is 5.82 Å². The van der Waals surface area contributed by atoms with Crippen LogP contribution in [0, 0.1) is 0 Å². The van der Waals surface area contributed by atoms with Crippen molar-refractivity contribution in [1.82, 2.24) is 19.5 Å². The summed E-state index contributed by atoms with van der Waals surface area (Å²) in [6.45, 7) is 1.73. The summed E-state index contributed by atoms with van der Waals surface area (Å²) in [7, 11) is 0. The van der Waals surface area contributed by atoms with Gasteiger partial charge in [-0.3, -0.25) is 4.57 Å². The molecule has 4 rings (SSSR count). The Bertz CT molecular complexity index is 699. The van der Waals surface area contributed by atoms with Crippen LogP contribution in [-0.2, 0) is 4.74 Å². The van der Waals surface area contributed by atoms with Crippen molar-refractivity contribution in [1.29, 1.82) is 0 Å². The number of imidazole rings is 1. The largest absolute Gasteiger partial charge is 0.388 e. The Labute approximate surface area is 133 Å². The first kappa shape index (κ1) is 14.8. The van der Waals surface area contributed by atoms with E-state index < -0.39 is 24.5 Å². The van der Waals surface area contributed by atoms with Crippen LogP contribution in [0.5, 0.6) is 0 Å². The lowest BCUT2D eigenvalue weighted by Crippen LogP contribution is -2.30. The van der Waals surface area contributed by atoms with E-state index in [0.29, 0.717) is 23.0 Å². The normalized spacial score (nSPS) is 32.0. The monoisotopic (exact) mass is 319 g/mol. The number of anilines is 1. The molecule has 3 heterocycles. The van der Waals surface area contributed by atoms with Crippen molar-refractivity contribution in [3.63, 3.8) is 0 Å². The molecule has 1 saturated heterocycles. The molecule has 4 unspecified atom stereocenters. The zero-order valence-corrected chi connectivity index (χ0v) is 13.0. The molecule has 2 aliphatic rings. The molecule has 2 fully saturated rings. The third-order valence-electron chi connectivity index (χ3n) is 4.81. The standard InChI is InChI=1S/C15H21N5O3/c1-8-11(21)12(22)15(23-8)20-7-18-10-13(16-6-17-14(10)20)19-9-4-2-3-5-9/h6-9,11-12,15,21-22H,2-5H2,1H3,(H,16,17,19). The average Bonchev–Trinajstić information content (AvgIpc) is 3.25. The Hall–Kier alpha value is -1.77. The van der Waals surface area contributed by atoms with Gasteiger partial charge in [0, 0.05) is 6.04 Å².